The topological polar surface area (TPSA) is 79.2 Å². The fourth-order valence-corrected chi connectivity index (χ4v) is 2.76. The first-order valence-electron chi connectivity index (χ1n) is 6.76. The van der Waals surface area contributed by atoms with E-state index in [4.69, 9.17) is 5.73 Å². The molecule has 0 saturated carbocycles. The van der Waals surface area contributed by atoms with Crippen molar-refractivity contribution in [2.75, 3.05) is 6.54 Å². The number of carbonyl (C=O) groups excluding carboxylic acids is 1. The van der Waals surface area contributed by atoms with E-state index in [0.29, 0.717) is 6.54 Å². The summed E-state index contributed by atoms with van der Waals surface area (Å²) in [5.74, 6) is -0.205. The lowest BCUT2D eigenvalue weighted by Crippen LogP contribution is -2.52. The molecule has 0 bridgehead atoms. The molecule has 0 radical (unpaired) electrons. The maximum absolute atomic E-state index is 12.6. The van der Waals surface area contributed by atoms with E-state index >= 15 is 0 Å². The smallest absolute Gasteiger partial charge is 0.259 e. The number of hydrogen-bond acceptors (Lipinski definition) is 3. The van der Waals surface area contributed by atoms with Gasteiger partial charge >= 0.3 is 0 Å². The summed E-state index contributed by atoms with van der Waals surface area (Å²) in [6.07, 6.45) is 4.47. The molecular formula is C14H21N3O2. The quantitative estimate of drug-likeness (QED) is 0.836. The molecule has 2 atom stereocenters. The van der Waals surface area contributed by atoms with Crippen molar-refractivity contribution in [3.63, 3.8) is 0 Å². The second kappa shape index (κ2) is 5.57. The van der Waals surface area contributed by atoms with Gasteiger partial charge in [0.2, 0.25) is 0 Å². The lowest BCUT2D eigenvalue weighted by molar-refractivity contribution is 0.0492. The van der Waals surface area contributed by atoms with E-state index in [1.165, 1.54) is 12.3 Å². The Morgan fingerprint density at radius 1 is 1.53 bits per heavy atom. The zero-order valence-electron chi connectivity index (χ0n) is 11.5. The van der Waals surface area contributed by atoms with Gasteiger partial charge in [-0.05, 0) is 33.1 Å². The van der Waals surface area contributed by atoms with Crippen LogP contribution in [0.1, 0.15) is 42.2 Å². The molecule has 1 saturated heterocycles. The molecule has 104 valence electrons. The fraction of sp³-hybridized carbons (Fsp3) is 0.571. The Balaban J connectivity index is 2.33. The SMILES string of the molecule is Cc1cc(=O)c(C(=O)N2C(C)CCCC2CN)c[nH]1. The summed E-state index contributed by atoms with van der Waals surface area (Å²) in [4.78, 5) is 29.2. The van der Waals surface area contributed by atoms with Crippen LogP contribution in [0.3, 0.4) is 0 Å². The van der Waals surface area contributed by atoms with Crippen molar-refractivity contribution in [3.05, 3.63) is 33.7 Å². The molecule has 5 heteroatoms. The van der Waals surface area contributed by atoms with Crippen molar-refractivity contribution in [3.8, 4) is 0 Å². The van der Waals surface area contributed by atoms with Crippen molar-refractivity contribution in [1.82, 2.24) is 9.88 Å². The summed E-state index contributed by atoms with van der Waals surface area (Å²) < 4.78 is 0. The number of aryl methyl sites for hydroxylation is 1. The molecule has 19 heavy (non-hydrogen) atoms. The zero-order valence-corrected chi connectivity index (χ0v) is 11.5. The number of nitrogens with two attached hydrogens (primary N) is 1. The average molecular weight is 263 g/mol. The molecular weight excluding hydrogens is 242 g/mol. The van der Waals surface area contributed by atoms with Crippen LogP contribution in [-0.2, 0) is 0 Å². The Kier molecular flexibility index (Phi) is 4.04. The lowest BCUT2D eigenvalue weighted by Gasteiger charge is -2.40. The van der Waals surface area contributed by atoms with E-state index in [-0.39, 0.29) is 29.0 Å². The van der Waals surface area contributed by atoms with Crippen molar-refractivity contribution in [2.45, 2.75) is 45.2 Å². The Morgan fingerprint density at radius 3 is 2.89 bits per heavy atom. The van der Waals surface area contributed by atoms with Crippen LogP contribution in [-0.4, -0.2) is 34.4 Å². The van der Waals surface area contributed by atoms with Crippen LogP contribution in [0, 0.1) is 6.92 Å². The van der Waals surface area contributed by atoms with Crippen LogP contribution < -0.4 is 11.2 Å². The predicted octanol–water partition coefficient (Wildman–Crippen LogP) is 1.03. The van der Waals surface area contributed by atoms with E-state index in [9.17, 15) is 9.59 Å². The number of nitrogens with one attached hydrogen (secondary N) is 1. The first-order valence-corrected chi connectivity index (χ1v) is 6.76. The third-order valence-electron chi connectivity index (χ3n) is 3.82. The van der Waals surface area contributed by atoms with Crippen molar-refractivity contribution in [1.29, 1.82) is 0 Å². The zero-order chi connectivity index (χ0) is 14.0. The molecule has 1 aromatic heterocycles. The number of likely N-dealkylation sites (tertiary alicyclic amines) is 1. The molecule has 1 amide bonds. The van der Waals surface area contributed by atoms with Gasteiger partial charge in [-0.25, -0.2) is 0 Å². The second-order valence-electron chi connectivity index (χ2n) is 5.28. The number of carbonyl (C=O) groups is 1. The standard InChI is InChI=1S/C14H21N3O2/c1-9-6-13(18)12(8-16-9)14(19)17-10(2)4-3-5-11(17)7-15/h6,8,10-11H,3-5,7,15H2,1-2H3,(H,16,18). The molecule has 2 unspecified atom stereocenters. The van der Waals surface area contributed by atoms with Crippen LogP contribution in [0.4, 0.5) is 0 Å². The average Bonchev–Trinajstić information content (AvgIpc) is 2.37. The van der Waals surface area contributed by atoms with Gasteiger partial charge in [0.25, 0.3) is 5.91 Å². The summed E-state index contributed by atoms with van der Waals surface area (Å²) in [6, 6.07) is 1.63. The minimum atomic E-state index is -0.227. The first kappa shape index (κ1) is 13.8. The largest absolute Gasteiger partial charge is 0.364 e. The number of pyridine rings is 1. The van der Waals surface area contributed by atoms with Crippen LogP contribution in [0.5, 0.6) is 0 Å². The highest BCUT2D eigenvalue weighted by Crippen LogP contribution is 2.23. The van der Waals surface area contributed by atoms with E-state index in [1.54, 1.807) is 11.8 Å². The highest BCUT2D eigenvalue weighted by atomic mass is 16.2. The maximum atomic E-state index is 12.6. The number of piperidine rings is 1. The maximum Gasteiger partial charge on any atom is 0.259 e. The Bertz CT molecular complexity index is 524. The number of aromatic amines is 1. The molecule has 0 aliphatic carbocycles. The van der Waals surface area contributed by atoms with Gasteiger partial charge < -0.3 is 15.6 Å². The molecule has 0 spiro atoms. The first-order chi connectivity index (χ1) is 9.04. The van der Waals surface area contributed by atoms with Gasteiger partial charge in [-0.3, -0.25) is 9.59 Å². The van der Waals surface area contributed by atoms with Gasteiger partial charge in [0.15, 0.2) is 5.43 Å². The molecule has 2 rings (SSSR count). The van der Waals surface area contributed by atoms with Gasteiger partial charge in [0.05, 0.1) is 0 Å². The van der Waals surface area contributed by atoms with Gasteiger partial charge in [-0.2, -0.15) is 0 Å². The Morgan fingerprint density at radius 2 is 2.26 bits per heavy atom. The van der Waals surface area contributed by atoms with Gasteiger partial charge in [-0.15, -0.1) is 0 Å². The molecule has 0 aromatic carbocycles. The molecule has 1 aromatic rings. The predicted molar refractivity (Wildman–Crippen MR) is 74.1 cm³/mol. The summed E-state index contributed by atoms with van der Waals surface area (Å²) >= 11 is 0. The van der Waals surface area contributed by atoms with E-state index in [1.807, 2.05) is 6.92 Å². The third kappa shape index (κ3) is 2.71. The molecule has 1 fully saturated rings. The number of rotatable bonds is 2. The molecule has 1 aliphatic rings. The third-order valence-corrected chi connectivity index (χ3v) is 3.82. The Hall–Kier alpha value is -1.62. The highest BCUT2D eigenvalue weighted by Gasteiger charge is 2.32. The van der Waals surface area contributed by atoms with Crippen molar-refractivity contribution >= 4 is 5.91 Å². The van der Waals surface area contributed by atoms with Gasteiger partial charge in [0, 0.05) is 36.6 Å². The number of hydrogen-bond donors (Lipinski definition) is 2. The second-order valence-corrected chi connectivity index (χ2v) is 5.28. The van der Waals surface area contributed by atoms with Gasteiger partial charge in [-0.1, -0.05) is 0 Å². The summed E-state index contributed by atoms with van der Waals surface area (Å²) in [5, 5.41) is 0. The van der Waals surface area contributed by atoms with Crippen molar-refractivity contribution in [2.24, 2.45) is 5.73 Å². The van der Waals surface area contributed by atoms with E-state index < -0.39 is 0 Å². The lowest BCUT2D eigenvalue weighted by atomic mass is 9.95. The molecule has 2 heterocycles. The monoisotopic (exact) mass is 263 g/mol. The molecule has 3 N–H and O–H groups in total. The normalized spacial score (nSPS) is 23.4. The van der Waals surface area contributed by atoms with E-state index in [2.05, 4.69) is 4.98 Å². The minimum Gasteiger partial charge on any atom is -0.364 e. The van der Waals surface area contributed by atoms with Crippen LogP contribution in [0.25, 0.3) is 0 Å². The Labute approximate surface area is 112 Å². The number of nitrogens with zero attached hydrogens (tertiary/aromatic N) is 1. The van der Waals surface area contributed by atoms with Crippen LogP contribution in [0.2, 0.25) is 0 Å². The van der Waals surface area contributed by atoms with E-state index in [0.717, 1.165) is 25.0 Å². The van der Waals surface area contributed by atoms with Crippen LogP contribution >= 0.6 is 0 Å². The number of H-pyrrole nitrogens is 1. The summed E-state index contributed by atoms with van der Waals surface area (Å²) in [7, 11) is 0. The van der Waals surface area contributed by atoms with Gasteiger partial charge in [0.1, 0.15) is 5.56 Å². The number of amides is 1. The number of aromatic nitrogens is 1. The van der Waals surface area contributed by atoms with Crippen molar-refractivity contribution < 1.29 is 4.79 Å². The van der Waals surface area contributed by atoms with Crippen LogP contribution in [0.15, 0.2) is 17.1 Å². The molecule has 1 aliphatic heterocycles. The minimum absolute atomic E-state index is 0.0388. The fourth-order valence-electron chi connectivity index (χ4n) is 2.76. The highest BCUT2D eigenvalue weighted by molar-refractivity contribution is 5.94. The molecule has 5 nitrogen and oxygen atoms in total. The summed E-state index contributed by atoms with van der Waals surface area (Å²) in [5.41, 5.74) is 6.49. The summed E-state index contributed by atoms with van der Waals surface area (Å²) in [6.45, 7) is 4.25.